The second-order valence-electron chi connectivity index (χ2n) is 4.44. The highest BCUT2D eigenvalue weighted by Gasteiger charge is 2.15. The van der Waals surface area contributed by atoms with E-state index in [2.05, 4.69) is 16.6 Å². The number of hydrogen-bond acceptors (Lipinski definition) is 4. The van der Waals surface area contributed by atoms with Gasteiger partial charge in [-0.05, 0) is 31.8 Å². The van der Waals surface area contributed by atoms with Crippen molar-refractivity contribution in [1.82, 2.24) is 9.62 Å². The minimum atomic E-state index is -3.71. The van der Waals surface area contributed by atoms with Gasteiger partial charge in [0.25, 0.3) is 0 Å². The van der Waals surface area contributed by atoms with Crippen LogP contribution in [0.4, 0.5) is 4.39 Å². The van der Waals surface area contributed by atoms with Crippen molar-refractivity contribution in [3.05, 3.63) is 29.6 Å². The Kier molecular flexibility index (Phi) is 6.78. The van der Waals surface area contributed by atoms with Crippen molar-refractivity contribution in [2.75, 3.05) is 33.2 Å². The first-order valence-electron chi connectivity index (χ1n) is 6.57. The van der Waals surface area contributed by atoms with Gasteiger partial charge in [-0.2, -0.15) is 0 Å². The van der Waals surface area contributed by atoms with E-state index in [0.717, 1.165) is 12.6 Å². The number of nitrogens with one attached hydrogen (secondary N) is 1. The molecule has 3 N–H and O–H groups in total. The monoisotopic (exact) mass is 313 g/mol. The topological polar surface area (TPSA) is 75.4 Å². The average Bonchev–Trinajstić information content (AvgIpc) is 2.45. The van der Waals surface area contributed by atoms with E-state index in [1.165, 1.54) is 12.1 Å². The Morgan fingerprint density at radius 2 is 2.14 bits per heavy atom. The molecule has 0 amide bonds. The molecule has 7 heteroatoms. The zero-order valence-corrected chi connectivity index (χ0v) is 13.0. The summed E-state index contributed by atoms with van der Waals surface area (Å²) < 4.78 is 40.3. The maximum Gasteiger partial charge on any atom is 0.240 e. The first kappa shape index (κ1) is 17.6. The number of nitrogens with two attached hydrogens (primary N) is 1. The van der Waals surface area contributed by atoms with Gasteiger partial charge in [0.2, 0.25) is 10.0 Å². The maximum atomic E-state index is 13.8. The standard InChI is InChI=1S/C14H20FN3O2S/c1-3-18(2)10-9-17-21(19,20)13-7-6-12(5-4-8-16)14(15)11-13/h6-7,11,17H,3,8-10,16H2,1-2H3. The van der Waals surface area contributed by atoms with Gasteiger partial charge in [-0.25, -0.2) is 17.5 Å². The zero-order chi connectivity index (χ0) is 15.9. The average molecular weight is 313 g/mol. The molecule has 0 heterocycles. The van der Waals surface area contributed by atoms with Crippen molar-refractivity contribution in [2.24, 2.45) is 5.73 Å². The second kappa shape index (κ2) is 8.10. The predicted octanol–water partition coefficient (Wildman–Crippen LogP) is 0.366. The third-order valence-electron chi connectivity index (χ3n) is 2.90. The molecular formula is C14H20FN3O2S. The summed E-state index contributed by atoms with van der Waals surface area (Å²) in [7, 11) is -1.83. The molecule has 21 heavy (non-hydrogen) atoms. The van der Waals surface area contributed by atoms with Crippen molar-refractivity contribution in [2.45, 2.75) is 11.8 Å². The minimum absolute atomic E-state index is 0.113. The van der Waals surface area contributed by atoms with Crippen molar-refractivity contribution in [3.63, 3.8) is 0 Å². The van der Waals surface area contributed by atoms with Gasteiger partial charge in [0.1, 0.15) is 5.82 Å². The highest BCUT2D eigenvalue weighted by Crippen LogP contribution is 2.14. The van der Waals surface area contributed by atoms with Crippen LogP contribution in [-0.2, 0) is 10.0 Å². The van der Waals surface area contributed by atoms with Crippen LogP contribution in [-0.4, -0.2) is 46.5 Å². The van der Waals surface area contributed by atoms with Crippen LogP contribution in [0.15, 0.2) is 23.1 Å². The summed E-state index contributed by atoms with van der Waals surface area (Å²) in [5.74, 6) is 4.39. The lowest BCUT2D eigenvalue weighted by Gasteiger charge is -2.14. The Labute approximate surface area is 125 Å². The fourth-order valence-corrected chi connectivity index (χ4v) is 2.56. The highest BCUT2D eigenvalue weighted by atomic mass is 32.2. The lowest BCUT2D eigenvalue weighted by molar-refractivity contribution is 0.358. The Balaban J connectivity index is 2.82. The SMILES string of the molecule is CCN(C)CCNS(=O)(=O)c1ccc(C#CCN)c(F)c1. The van der Waals surface area contributed by atoms with Crippen LogP contribution < -0.4 is 10.5 Å². The van der Waals surface area contributed by atoms with Crippen molar-refractivity contribution < 1.29 is 12.8 Å². The molecule has 1 aromatic rings. The number of hydrogen-bond donors (Lipinski definition) is 2. The Bertz CT molecular complexity index is 635. The summed E-state index contributed by atoms with van der Waals surface area (Å²) in [6, 6.07) is 3.63. The van der Waals surface area contributed by atoms with Crippen LogP contribution in [0.1, 0.15) is 12.5 Å². The van der Waals surface area contributed by atoms with Gasteiger partial charge >= 0.3 is 0 Å². The van der Waals surface area contributed by atoms with Crippen LogP contribution in [0.3, 0.4) is 0 Å². The predicted molar refractivity (Wildman–Crippen MR) is 80.7 cm³/mol. The smallest absolute Gasteiger partial charge is 0.240 e. The molecule has 0 aliphatic rings. The van der Waals surface area contributed by atoms with Gasteiger partial charge in [-0.3, -0.25) is 0 Å². The summed E-state index contributed by atoms with van der Waals surface area (Å²) in [5, 5.41) is 0. The van der Waals surface area contributed by atoms with Crippen LogP contribution in [0, 0.1) is 17.7 Å². The van der Waals surface area contributed by atoms with Crippen molar-refractivity contribution in [1.29, 1.82) is 0 Å². The lowest BCUT2D eigenvalue weighted by Crippen LogP contribution is -2.33. The molecule has 5 nitrogen and oxygen atoms in total. The maximum absolute atomic E-state index is 13.8. The number of halogens is 1. The van der Waals surface area contributed by atoms with Gasteiger partial charge in [0, 0.05) is 13.1 Å². The van der Waals surface area contributed by atoms with Crippen molar-refractivity contribution >= 4 is 10.0 Å². The van der Waals surface area contributed by atoms with E-state index in [-0.39, 0.29) is 23.5 Å². The van der Waals surface area contributed by atoms with Crippen LogP contribution in [0.25, 0.3) is 0 Å². The second-order valence-corrected chi connectivity index (χ2v) is 6.21. The van der Waals surface area contributed by atoms with E-state index in [1.807, 2.05) is 18.9 Å². The van der Waals surface area contributed by atoms with Crippen LogP contribution >= 0.6 is 0 Å². The fraction of sp³-hybridized carbons (Fsp3) is 0.429. The molecule has 0 aliphatic heterocycles. The van der Waals surface area contributed by atoms with Gasteiger partial charge in [0.15, 0.2) is 0 Å². The largest absolute Gasteiger partial charge is 0.320 e. The number of rotatable bonds is 6. The Hall–Kier alpha value is -1.46. The van der Waals surface area contributed by atoms with Crippen molar-refractivity contribution in [3.8, 4) is 11.8 Å². The van der Waals surface area contributed by atoms with E-state index >= 15 is 0 Å². The molecule has 0 bridgehead atoms. The zero-order valence-electron chi connectivity index (χ0n) is 12.2. The molecule has 0 radical (unpaired) electrons. The Morgan fingerprint density at radius 1 is 1.43 bits per heavy atom. The minimum Gasteiger partial charge on any atom is -0.320 e. The summed E-state index contributed by atoms with van der Waals surface area (Å²) in [6.07, 6.45) is 0. The molecule has 0 unspecified atom stereocenters. The molecule has 0 saturated heterocycles. The molecule has 0 spiro atoms. The molecule has 0 saturated carbocycles. The molecule has 0 atom stereocenters. The van der Waals surface area contributed by atoms with E-state index in [9.17, 15) is 12.8 Å². The van der Waals surface area contributed by atoms with E-state index in [4.69, 9.17) is 5.73 Å². The molecule has 0 aromatic heterocycles. The highest BCUT2D eigenvalue weighted by molar-refractivity contribution is 7.89. The first-order chi connectivity index (χ1) is 9.90. The first-order valence-corrected chi connectivity index (χ1v) is 8.05. The molecular weight excluding hydrogens is 293 g/mol. The molecule has 116 valence electrons. The van der Waals surface area contributed by atoms with Crippen LogP contribution in [0.2, 0.25) is 0 Å². The van der Waals surface area contributed by atoms with Gasteiger partial charge in [-0.15, -0.1) is 0 Å². The third-order valence-corrected chi connectivity index (χ3v) is 4.36. The summed E-state index contributed by atoms with van der Waals surface area (Å²) >= 11 is 0. The summed E-state index contributed by atoms with van der Waals surface area (Å²) in [5.41, 5.74) is 5.34. The summed E-state index contributed by atoms with van der Waals surface area (Å²) in [6.45, 7) is 3.77. The Morgan fingerprint density at radius 3 is 2.71 bits per heavy atom. The molecule has 1 rings (SSSR count). The van der Waals surface area contributed by atoms with Gasteiger partial charge in [-0.1, -0.05) is 18.8 Å². The normalized spacial score (nSPS) is 11.3. The van der Waals surface area contributed by atoms with Gasteiger partial charge in [0.05, 0.1) is 17.0 Å². The molecule has 0 fully saturated rings. The molecule has 1 aromatic carbocycles. The summed E-state index contributed by atoms with van der Waals surface area (Å²) in [4.78, 5) is 1.85. The number of nitrogens with zero attached hydrogens (tertiary/aromatic N) is 1. The van der Waals surface area contributed by atoms with Gasteiger partial charge < -0.3 is 10.6 Å². The number of sulfonamides is 1. The van der Waals surface area contributed by atoms with Crippen LogP contribution in [0.5, 0.6) is 0 Å². The number of likely N-dealkylation sites (N-methyl/N-ethyl adjacent to an activating group) is 1. The third kappa shape index (κ3) is 5.44. The van der Waals surface area contributed by atoms with E-state index < -0.39 is 15.8 Å². The van der Waals surface area contributed by atoms with E-state index in [1.54, 1.807) is 0 Å². The number of benzene rings is 1. The lowest BCUT2D eigenvalue weighted by atomic mass is 10.2. The quantitative estimate of drug-likeness (QED) is 0.744. The molecule has 0 aliphatic carbocycles. The van der Waals surface area contributed by atoms with E-state index in [0.29, 0.717) is 6.54 Å². The fourth-order valence-electron chi connectivity index (χ4n) is 1.52.